The van der Waals surface area contributed by atoms with Gasteiger partial charge in [-0.05, 0) is 49.4 Å². The van der Waals surface area contributed by atoms with Crippen LogP contribution < -0.4 is 0 Å². The second-order valence-corrected chi connectivity index (χ2v) is 33.9. The van der Waals surface area contributed by atoms with Crippen molar-refractivity contribution in [2.24, 2.45) is 23.7 Å². The summed E-state index contributed by atoms with van der Waals surface area (Å²) in [6.45, 7) is 14.3. The zero-order valence-electron chi connectivity index (χ0n) is 66.5. The third kappa shape index (κ3) is 73.4. The summed E-state index contributed by atoms with van der Waals surface area (Å²) < 4.78 is 68.7. The SMILES string of the molecule is CCC(C)CCCCCCCCCCC(=O)O[C@H](COC(=O)CCCCCCCCC(C)CC)COP(=O)(O)OC[C@H](O)COP(=O)(O)OC[C@@H](COC(=O)CCCCCCCCCCCCCCCCCCCCC(C)C)OC(=O)CCCCCCCCCCCCCCCCCC(C)C. The van der Waals surface area contributed by atoms with Crippen molar-refractivity contribution in [2.75, 3.05) is 39.6 Å². The summed E-state index contributed by atoms with van der Waals surface area (Å²) in [4.78, 5) is 73.0. The van der Waals surface area contributed by atoms with Crippen molar-refractivity contribution in [3.8, 4) is 0 Å². The Morgan fingerprint density at radius 2 is 0.475 bits per heavy atom. The molecule has 0 heterocycles. The Morgan fingerprint density at radius 3 is 0.703 bits per heavy atom. The van der Waals surface area contributed by atoms with Gasteiger partial charge in [0.2, 0.25) is 0 Å². The lowest BCUT2D eigenvalue weighted by Gasteiger charge is -2.21. The molecule has 600 valence electrons. The molecule has 0 aliphatic carbocycles. The molecule has 0 rings (SSSR count). The average Bonchev–Trinajstić information content (AvgIpc) is 1.59. The van der Waals surface area contributed by atoms with Crippen LogP contribution in [-0.4, -0.2) is 96.7 Å². The Balaban J connectivity index is 5.22. The van der Waals surface area contributed by atoms with E-state index in [1.54, 1.807) is 0 Å². The van der Waals surface area contributed by atoms with Crippen LogP contribution in [0.5, 0.6) is 0 Å². The van der Waals surface area contributed by atoms with E-state index in [9.17, 15) is 43.2 Å². The second kappa shape index (κ2) is 71.0. The number of carbonyl (C=O) groups is 4. The van der Waals surface area contributed by atoms with Gasteiger partial charge < -0.3 is 33.8 Å². The van der Waals surface area contributed by atoms with Gasteiger partial charge in [0, 0.05) is 25.7 Å². The summed E-state index contributed by atoms with van der Waals surface area (Å²) in [5.74, 6) is 1.01. The van der Waals surface area contributed by atoms with Crippen LogP contribution >= 0.6 is 15.6 Å². The summed E-state index contributed by atoms with van der Waals surface area (Å²) in [7, 11) is -9.92. The zero-order valence-corrected chi connectivity index (χ0v) is 68.3. The molecule has 0 bridgehead atoms. The van der Waals surface area contributed by atoms with Crippen LogP contribution in [-0.2, 0) is 65.4 Å². The highest BCUT2D eigenvalue weighted by Crippen LogP contribution is 2.45. The first-order valence-electron chi connectivity index (χ1n) is 42.3. The molecule has 0 fully saturated rings. The first-order chi connectivity index (χ1) is 48.7. The number of phosphoric ester groups is 2. The molecule has 0 aromatic carbocycles. The van der Waals surface area contributed by atoms with Crippen molar-refractivity contribution in [1.29, 1.82) is 0 Å². The standard InChI is InChI=1S/C82H160O17P2/c1-9-74(7)60-52-44-36-32-33-39-49-57-65-82(87)99-78(69-93-80(85)63-55-47-41-40-45-53-61-75(8)10-2)71-97-101(90,91)95-67-76(83)66-94-100(88,89)96-70-77(98-81(86)64-56-48-38-31-27-23-19-15-17-21-25-29-35-43-51-59-73(5)6)68-92-79(84)62-54-46-37-30-26-22-18-14-12-11-13-16-20-24-28-34-42-50-58-72(3)4/h72-78,83H,9-71H2,1-8H3,(H,88,89)(H,90,91)/t74?,75?,76-,77-,78-/m1/s1. The number of aliphatic hydroxyl groups excluding tert-OH is 1. The summed E-state index contributed by atoms with van der Waals surface area (Å²) in [6.07, 6.45) is 58.4. The van der Waals surface area contributed by atoms with E-state index in [0.717, 1.165) is 120 Å². The van der Waals surface area contributed by atoms with Crippen LogP contribution in [0.15, 0.2) is 0 Å². The Bertz CT molecular complexity index is 1980. The molecule has 3 N–H and O–H groups in total. The van der Waals surface area contributed by atoms with Crippen LogP contribution in [0.4, 0.5) is 0 Å². The summed E-state index contributed by atoms with van der Waals surface area (Å²) >= 11 is 0. The van der Waals surface area contributed by atoms with E-state index < -0.39 is 97.5 Å². The number of rotatable bonds is 79. The lowest BCUT2D eigenvalue weighted by molar-refractivity contribution is -0.161. The van der Waals surface area contributed by atoms with Crippen LogP contribution in [0.3, 0.4) is 0 Å². The number of esters is 4. The highest BCUT2D eigenvalue weighted by atomic mass is 31.2. The molecule has 0 aromatic rings. The Hall–Kier alpha value is -1.94. The molecule has 0 saturated heterocycles. The minimum atomic E-state index is -4.96. The second-order valence-electron chi connectivity index (χ2n) is 31.0. The van der Waals surface area contributed by atoms with E-state index in [0.29, 0.717) is 25.7 Å². The fraction of sp³-hybridized carbons (Fsp3) is 0.951. The lowest BCUT2D eigenvalue weighted by atomic mass is 9.99. The topological polar surface area (TPSA) is 237 Å². The first-order valence-corrected chi connectivity index (χ1v) is 45.3. The van der Waals surface area contributed by atoms with Crippen molar-refractivity contribution < 1.29 is 80.2 Å². The third-order valence-corrected chi connectivity index (χ3v) is 21.7. The van der Waals surface area contributed by atoms with Gasteiger partial charge in [-0.1, -0.05) is 370 Å². The molecule has 0 aliphatic rings. The van der Waals surface area contributed by atoms with E-state index in [2.05, 4.69) is 55.4 Å². The molecule has 17 nitrogen and oxygen atoms in total. The van der Waals surface area contributed by atoms with E-state index in [1.807, 2.05) is 0 Å². The number of aliphatic hydroxyl groups is 1. The van der Waals surface area contributed by atoms with E-state index in [-0.39, 0.29) is 25.7 Å². The molecule has 0 radical (unpaired) electrons. The van der Waals surface area contributed by atoms with E-state index in [4.69, 9.17) is 37.0 Å². The quantitative estimate of drug-likeness (QED) is 0.0222. The average molecular weight is 1480 g/mol. The van der Waals surface area contributed by atoms with E-state index in [1.165, 1.54) is 218 Å². The largest absolute Gasteiger partial charge is 0.472 e. The van der Waals surface area contributed by atoms with Crippen molar-refractivity contribution in [1.82, 2.24) is 0 Å². The third-order valence-electron chi connectivity index (χ3n) is 19.8. The van der Waals surface area contributed by atoms with Gasteiger partial charge in [0.05, 0.1) is 26.4 Å². The van der Waals surface area contributed by atoms with Gasteiger partial charge in [0.25, 0.3) is 0 Å². The van der Waals surface area contributed by atoms with Crippen molar-refractivity contribution in [3.05, 3.63) is 0 Å². The number of unbranched alkanes of at least 4 members (excludes halogenated alkanes) is 43. The minimum absolute atomic E-state index is 0.104. The molecule has 0 aromatic heterocycles. The predicted molar refractivity (Wildman–Crippen MR) is 414 cm³/mol. The molecule has 0 aliphatic heterocycles. The lowest BCUT2D eigenvalue weighted by Crippen LogP contribution is -2.30. The van der Waals surface area contributed by atoms with Gasteiger partial charge in [-0.15, -0.1) is 0 Å². The maximum Gasteiger partial charge on any atom is 0.472 e. The van der Waals surface area contributed by atoms with Gasteiger partial charge in [-0.25, -0.2) is 9.13 Å². The highest BCUT2D eigenvalue weighted by Gasteiger charge is 2.30. The molecule has 0 saturated carbocycles. The molecule has 4 unspecified atom stereocenters. The van der Waals surface area contributed by atoms with Gasteiger partial charge >= 0.3 is 39.5 Å². The predicted octanol–water partition coefficient (Wildman–Crippen LogP) is 24.4. The Morgan fingerprint density at radius 1 is 0.277 bits per heavy atom. The maximum atomic E-state index is 13.1. The molecular formula is C82H160O17P2. The van der Waals surface area contributed by atoms with Gasteiger partial charge in [-0.2, -0.15) is 0 Å². The Kier molecular flexibility index (Phi) is 69.6. The van der Waals surface area contributed by atoms with Crippen LogP contribution in [0, 0.1) is 23.7 Å². The minimum Gasteiger partial charge on any atom is -0.462 e. The summed E-state index contributed by atoms with van der Waals surface area (Å²) in [5.41, 5.74) is 0. The van der Waals surface area contributed by atoms with Gasteiger partial charge in [0.1, 0.15) is 19.3 Å². The Labute approximate surface area is 619 Å². The molecule has 19 heteroatoms. The fourth-order valence-electron chi connectivity index (χ4n) is 12.5. The fourth-order valence-corrected chi connectivity index (χ4v) is 14.1. The number of carbonyl (C=O) groups excluding carboxylic acids is 4. The molecule has 0 amide bonds. The van der Waals surface area contributed by atoms with Gasteiger partial charge in [0.15, 0.2) is 12.2 Å². The van der Waals surface area contributed by atoms with Crippen LogP contribution in [0.1, 0.15) is 421 Å². The number of hydrogen-bond donors (Lipinski definition) is 3. The summed E-state index contributed by atoms with van der Waals surface area (Å²) in [5, 5.41) is 10.6. The monoisotopic (exact) mass is 1480 g/mol. The number of hydrogen-bond acceptors (Lipinski definition) is 15. The number of ether oxygens (including phenoxy) is 4. The number of phosphoric acid groups is 2. The van der Waals surface area contributed by atoms with E-state index >= 15 is 0 Å². The van der Waals surface area contributed by atoms with Crippen molar-refractivity contribution >= 4 is 39.5 Å². The van der Waals surface area contributed by atoms with Crippen molar-refractivity contribution in [3.63, 3.8) is 0 Å². The zero-order chi connectivity index (χ0) is 74.6. The van der Waals surface area contributed by atoms with Gasteiger partial charge in [-0.3, -0.25) is 37.3 Å². The highest BCUT2D eigenvalue weighted by molar-refractivity contribution is 7.47. The molecule has 101 heavy (non-hydrogen) atoms. The normalized spacial score (nSPS) is 14.5. The van der Waals surface area contributed by atoms with Crippen molar-refractivity contribution in [2.45, 2.75) is 440 Å². The first kappa shape index (κ1) is 99.1. The smallest absolute Gasteiger partial charge is 0.462 e. The molecule has 7 atom stereocenters. The van der Waals surface area contributed by atoms with Crippen LogP contribution in [0.25, 0.3) is 0 Å². The van der Waals surface area contributed by atoms with Crippen LogP contribution in [0.2, 0.25) is 0 Å². The molecular weight excluding hydrogens is 1320 g/mol. The maximum absolute atomic E-state index is 13.1. The molecule has 0 spiro atoms. The summed E-state index contributed by atoms with van der Waals surface area (Å²) in [6, 6.07) is 0.